The number of para-hydroxylation sites is 2. The number of nitrogens with zero attached hydrogens (tertiary/aromatic N) is 5. The zero-order valence-corrected chi connectivity index (χ0v) is 13.9. The molecule has 8 nitrogen and oxygen atoms in total. The van der Waals surface area contributed by atoms with Crippen LogP contribution in [0.3, 0.4) is 0 Å². The number of benzene rings is 1. The van der Waals surface area contributed by atoms with Gasteiger partial charge in [-0.15, -0.1) is 0 Å². The number of nitrogens with one attached hydrogen (secondary N) is 2. The van der Waals surface area contributed by atoms with Crippen molar-refractivity contribution in [3.8, 4) is 0 Å². The van der Waals surface area contributed by atoms with Crippen molar-refractivity contribution in [2.45, 2.75) is 18.8 Å². The van der Waals surface area contributed by atoms with E-state index in [4.69, 9.17) is 0 Å². The van der Waals surface area contributed by atoms with Crippen LogP contribution in [0.1, 0.15) is 35.1 Å². The number of carbonyl (C=O) groups is 1. The Morgan fingerprint density at radius 2 is 1.96 bits per heavy atom. The molecule has 0 bridgehead atoms. The molecule has 0 saturated carbocycles. The summed E-state index contributed by atoms with van der Waals surface area (Å²) in [6, 6.07) is 7.44. The summed E-state index contributed by atoms with van der Waals surface area (Å²) in [7, 11) is 1.78. The van der Waals surface area contributed by atoms with Gasteiger partial charge in [-0.05, 0) is 38.1 Å². The number of fused-ring (bicyclic) bond motifs is 1. The van der Waals surface area contributed by atoms with E-state index in [1.807, 2.05) is 24.3 Å². The molecule has 1 saturated heterocycles. The molecule has 128 valence electrons. The fourth-order valence-electron chi connectivity index (χ4n) is 3.00. The number of aromatic nitrogens is 5. The minimum absolute atomic E-state index is 0.255. The molecule has 0 aliphatic carbocycles. The van der Waals surface area contributed by atoms with E-state index in [1.165, 1.54) is 6.20 Å². The average molecular weight is 337 g/mol. The highest BCUT2D eigenvalue weighted by molar-refractivity contribution is 6.02. The number of rotatable bonds is 3. The number of hydrogen-bond acceptors (Lipinski definition) is 6. The predicted molar refractivity (Wildman–Crippen MR) is 93.3 cm³/mol. The predicted octanol–water partition coefficient (Wildman–Crippen LogP) is 1.48. The van der Waals surface area contributed by atoms with Gasteiger partial charge in [0.05, 0.1) is 17.2 Å². The maximum atomic E-state index is 12.5. The zero-order chi connectivity index (χ0) is 17.2. The third kappa shape index (κ3) is 3.20. The Hall–Kier alpha value is -2.87. The Balaban J connectivity index is 1.54. The molecule has 1 aromatic carbocycles. The monoisotopic (exact) mass is 337 g/mol. The molecular formula is C17H19N7O. The molecule has 1 amide bonds. The fraction of sp³-hybridized carbons (Fsp3) is 0.353. The highest BCUT2D eigenvalue weighted by Crippen LogP contribution is 2.23. The van der Waals surface area contributed by atoms with Gasteiger partial charge in [0.2, 0.25) is 5.95 Å². The lowest BCUT2D eigenvalue weighted by Crippen LogP contribution is -2.27. The first-order valence-corrected chi connectivity index (χ1v) is 8.35. The van der Waals surface area contributed by atoms with Crippen LogP contribution in [0.2, 0.25) is 0 Å². The molecule has 1 aliphatic rings. The molecule has 4 rings (SSSR count). The first-order chi connectivity index (χ1) is 12.2. The van der Waals surface area contributed by atoms with Crippen molar-refractivity contribution in [1.82, 2.24) is 30.0 Å². The summed E-state index contributed by atoms with van der Waals surface area (Å²) in [5, 5.41) is 10.6. The van der Waals surface area contributed by atoms with E-state index in [2.05, 4.69) is 30.7 Å². The highest BCUT2D eigenvalue weighted by atomic mass is 16.2. The van der Waals surface area contributed by atoms with Crippen LogP contribution in [0.4, 0.5) is 5.95 Å². The van der Waals surface area contributed by atoms with Gasteiger partial charge in [-0.1, -0.05) is 12.1 Å². The Bertz CT molecular complexity index is 914. The van der Waals surface area contributed by atoms with Gasteiger partial charge in [0.15, 0.2) is 5.82 Å². The second-order valence-corrected chi connectivity index (χ2v) is 6.14. The molecule has 1 aliphatic heterocycles. The quantitative estimate of drug-likeness (QED) is 0.751. The molecular weight excluding hydrogens is 318 g/mol. The van der Waals surface area contributed by atoms with Crippen LogP contribution in [0.25, 0.3) is 11.0 Å². The zero-order valence-electron chi connectivity index (χ0n) is 13.9. The van der Waals surface area contributed by atoms with Crippen LogP contribution < -0.4 is 10.6 Å². The van der Waals surface area contributed by atoms with Crippen molar-refractivity contribution >= 4 is 22.9 Å². The van der Waals surface area contributed by atoms with Crippen molar-refractivity contribution in [2.75, 3.05) is 18.4 Å². The maximum Gasteiger partial charge on any atom is 0.278 e. The molecule has 0 atom stereocenters. The van der Waals surface area contributed by atoms with Crippen LogP contribution in [-0.2, 0) is 7.05 Å². The first kappa shape index (κ1) is 15.6. The fourth-order valence-corrected chi connectivity index (χ4v) is 3.00. The molecule has 1 fully saturated rings. The van der Waals surface area contributed by atoms with E-state index < -0.39 is 0 Å². The Kier molecular flexibility index (Phi) is 4.10. The molecule has 0 spiro atoms. The lowest BCUT2D eigenvalue weighted by atomic mass is 9.98. The third-order valence-electron chi connectivity index (χ3n) is 4.39. The van der Waals surface area contributed by atoms with E-state index in [-0.39, 0.29) is 11.6 Å². The first-order valence-electron chi connectivity index (χ1n) is 8.35. The maximum absolute atomic E-state index is 12.5. The van der Waals surface area contributed by atoms with E-state index >= 15 is 0 Å². The van der Waals surface area contributed by atoms with Crippen molar-refractivity contribution < 1.29 is 4.79 Å². The molecule has 8 heteroatoms. The Morgan fingerprint density at radius 1 is 1.20 bits per heavy atom. The van der Waals surface area contributed by atoms with E-state index in [1.54, 1.807) is 11.7 Å². The summed E-state index contributed by atoms with van der Waals surface area (Å²) in [6.45, 7) is 1.94. The Morgan fingerprint density at radius 3 is 2.76 bits per heavy atom. The van der Waals surface area contributed by atoms with Gasteiger partial charge in [-0.25, -0.2) is 9.67 Å². The highest BCUT2D eigenvalue weighted by Gasteiger charge is 2.21. The largest absolute Gasteiger partial charge is 0.317 e. The smallest absolute Gasteiger partial charge is 0.278 e. The minimum atomic E-state index is -0.342. The SMILES string of the molecule is Cn1nc(C2CCNCC2)nc1NC(=O)c1cnc2ccccc2n1. The van der Waals surface area contributed by atoms with Crippen LogP contribution in [0.5, 0.6) is 0 Å². The van der Waals surface area contributed by atoms with Gasteiger partial charge in [0.1, 0.15) is 5.69 Å². The number of hydrogen-bond donors (Lipinski definition) is 2. The number of piperidine rings is 1. The summed E-state index contributed by atoms with van der Waals surface area (Å²) < 4.78 is 1.60. The summed E-state index contributed by atoms with van der Waals surface area (Å²) in [5.74, 6) is 1.20. The molecule has 0 radical (unpaired) electrons. The van der Waals surface area contributed by atoms with E-state index in [0.29, 0.717) is 17.4 Å². The lowest BCUT2D eigenvalue weighted by Gasteiger charge is -2.19. The second kappa shape index (κ2) is 6.56. The van der Waals surface area contributed by atoms with E-state index in [0.717, 1.165) is 37.3 Å². The van der Waals surface area contributed by atoms with Gasteiger partial charge in [-0.2, -0.15) is 10.1 Å². The van der Waals surface area contributed by atoms with Gasteiger partial charge in [0.25, 0.3) is 5.91 Å². The van der Waals surface area contributed by atoms with Crippen LogP contribution >= 0.6 is 0 Å². The average Bonchev–Trinajstić information content (AvgIpc) is 3.02. The summed E-state index contributed by atoms with van der Waals surface area (Å²) in [4.78, 5) is 25.6. The molecule has 25 heavy (non-hydrogen) atoms. The Labute approximate surface area is 144 Å². The molecule has 2 aromatic heterocycles. The van der Waals surface area contributed by atoms with Gasteiger partial charge < -0.3 is 5.32 Å². The van der Waals surface area contributed by atoms with Crippen LogP contribution in [0, 0.1) is 0 Å². The number of carbonyl (C=O) groups excluding carboxylic acids is 1. The molecule has 3 heterocycles. The number of anilines is 1. The number of aryl methyl sites for hydroxylation is 1. The van der Waals surface area contributed by atoms with Gasteiger partial charge >= 0.3 is 0 Å². The summed E-state index contributed by atoms with van der Waals surface area (Å²) >= 11 is 0. The normalized spacial score (nSPS) is 15.4. The molecule has 0 unspecified atom stereocenters. The number of amides is 1. The lowest BCUT2D eigenvalue weighted by molar-refractivity contribution is 0.102. The summed E-state index contributed by atoms with van der Waals surface area (Å²) in [5.41, 5.74) is 1.69. The van der Waals surface area contributed by atoms with E-state index in [9.17, 15) is 4.79 Å². The third-order valence-corrected chi connectivity index (χ3v) is 4.39. The second-order valence-electron chi connectivity index (χ2n) is 6.14. The van der Waals surface area contributed by atoms with Gasteiger partial charge in [-0.3, -0.25) is 15.1 Å². The van der Waals surface area contributed by atoms with Crippen molar-refractivity contribution in [3.63, 3.8) is 0 Å². The minimum Gasteiger partial charge on any atom is -0.317 e. The van der Waals surface area contributed by atoms with Gasteiger partial charge in [0, 0.05) is 13.0 Å². The topological polar surface area (TPSA) is 97.6 Å². The van der Waals surface area contributed by atoms with Crippen LogP contribution in [0.15, 0.2) is 30.5 Å². The van der Waals surface area contributed by atoms with Crippen molar-refractivity contribution in [1.29, 1.82) is 0 Å². The molecule has 2 N–H and O–H groups in total. The van der Waals surface area contributed by atoms with Crippen molar-refractivity contribution in [3.05, 3.63) is 42.0 Å². The molecule has 3 aromatic rings. The standard InChI is InChI=1S/C17H19N7O/c1-24-17(21-15(23-24)11-6-8-18-9-7-11)22-16(25)14-10-19-12-4-2-3-5-13(12)20-14/h2-5,10-11,18H,6-9H2,1H3,(H,21,22,23,25). The van der Waals surface area contributed by atoms with Crippen LogP contribution in [-0.4, -0.2) is 43.7 Å². The van der Waals surface area contributed by atoms with Crippen molar-refractivity contribution in [2.24, 2.45) is 7.05 Å². The summed E-state index contributed by atoms with van der Waals surface area (Å²) in [6.07, 6.45) is 3.49.